The minimum absolute atomic E-state index is 0.0445. The van der Waals surface area contributed by atoms with E-state index in [0.29, 0.717) is 21.4 Å². The smallest absolute Gasteiger partial charge is 0.269 e. The molecule has 2 aromatic carbocycles. The van der Waals surface area contributed by atoms with Crippen LogP contribution in [0.3, 0.4) is 0 Å². The Balaban J connectivity index is 1.70. The first-order valence-corrected chi connectivity index (χ1v) is 8.86. The van der Waals surface area contributed by atoms with E-state index in [2.05, 4.69) is 10.6 Å². The minimum atomic E-state index is -0.531. The van der Waals surface area contributed by atoms with Crippen LogP contribution in [0.4, 0.5) is 11.4 Å². The van der Waals surface area contributed by atoms with Gasteiger partial charge in [0.2, 0.25) is 0 Å². The number of thiocarbonyl (C=S) groups is 2. The highest BCUT2D eigenvalue weighted by Crippen LogP contribution is 2.37. The maximum atomic E-state index is 11.1. The summed E-state index contributed by atoms with van der Waals surface area (Å²) in [7, 11) is 0. The molecule has 2 N–H and O–H groups in total. The molecular formula is C16H12N6O4S2. The Kier molecular flexibility index (Phi) is 4.28. The largest absolute Gasteiger partial charge is 0.336 e. The topological polar surface area (TPSA) is 117 Å². The lowest BCUT2D eigenvalue weighted by Crippen LogP contribution is -2.36. The normalized spacial score (nSPS) is 20.6. The minimum Gasteiger partial charge on any atom is -0.336 e. The molecule has 0 amide bonds. The van der Waals surface area contributed by atoms with Crippen LogP contribution in [-0.4, -0.2) is 30.1 Å². The number of nitrogens with one attached hydrogen (secondary N) is 2. The molecule has 142 valence electrons. The van der Waals surface area contributed by atoms with Crippen molar-refractivity contribution in [3.63, 3.8) is 0 Å². The summed E-state index contributed by atoms with van der Waals surface area (Å²) in [5.74, 6) is 0. The number of nitro groups is 2. The molecule has 28 heavy (non-hydrogen) atoms. The molecule has 12 heteroatoms. The van der Waals surface area contributed by atoms with Crippen LogP contribution >= 0.6 is 24.4 Å². The second-order valence-corrected chi connectivity index (χ2v) is 6.87. The number of nitrogens with zero attached hydrogens (tertiary/aromatic N) is 4. The molecule has 2 aromatic rings. The van der Waals surface area contributed by atoms with Crippen molar-refractivity contribution in [1.82, 2.24) is 20.7 Å². The van der Waals surface area contributed by atoms with Gasteiger partial charge in [0, 0.05) is 35.4 Å². The Bertz CT molecular complexity index is 950. The lowest BCUT2D eigenvalue weighted by Gasteiger charge is -2.26. The average molecular weight is 416 g/mol. The molecule has 0 aliphatic carbocycles. The average Bonchev–Trinajstić information content (AvgIpc) is 3.20. The second-order valence-electron chi connectivity index (χ2n) is 6.10. The van der Waals surface area contributed by atoms with Crippen molar-refractivity contribution < 1.29 is 9.85 Å². The van der Waals surface area contributed by atoms with Gasteiger partial charge in [0.15, 0.2) is 10.2 Å². The Morgan fingerprint density at radius 3 is 1.54 bits per heavy atom. The van der Waals surface area contributed by atoms with E-state index >= 15 is 0 Å². The molecule has 2 atom stereocenters. The number of hydrogen-bond donors (Lipinski definition) is 2. The van der Waals surface area contributed by atoms with Crippen LogP contribution < -0.4 is 10.6 Å². The molecule has 2 aliphatic heterocycles. The lowest BCUT2D eigenvalue weighted by atomic mass is 10.1. The van der Waals surface area contributed by atoms with Gasteiger partial charge in [-0.1, -0.05) is 24.3 Å². The number of hydrogen-bond acceptors (Lipinski definition) is 6. The number of rotatable bonds is 4. The van der Waals surface area contributed by atoms with Gasteiger partial charge in [0.1, 0.15) is 12.3 Å². The van der Waals surface area contributed by atoms with Crippen LogP contribution in [0.5, 0.6) is 0 Å². The van der Waals surface area contributed by atoms with E-state index in [1.807, 2.05) is 0 Å². The van der Waals surface area contributed by atoms with E-state index in [4.69, 9.17) is 24.4 Å². The predicted octanol–water partition coefficient (Wildman–Crippen LogP) is 2.50. The molecular weight excluding hydrogens is 404 g/mol. The fourth-order valence-electron chi connectivity index (χ4n) is 3.23. The molecule has 2 saturated heterocycles. The molecule has 4 rings (SSSR count). The molecule has 0 radical (unpaired) electrons. The number of fused-ring (bicyclic) bond motifs is 1. The number of non-ortho nitro benzene ring substituents is 2. The van der Waals surface area contributed by atoms with Gasteiger partial charge in [0.25, 0.3) is 11.4 Å². The van der Waals surface area contributed by atoms with Crippen molar-refractivity contribution in [2.75, 3.05) is 0 Å². The summed E-state index contributed by atoms with van der Waals surface area (Å²) in [6.45, 7) is 0. The van der Waals surface area contributed by atoms with Crippen molar-refractivity contribution in [2.24, 2.45) is 0 Å². The first-order chi connectivity index (χ1) is 13.4. The zero-order valence-electron chi connectivity index (χ0n) is 14.0. The van der Waals surface area contributed by atoms with Crippen LogP contribution in [0.2, 0.25) is 0 Å². The molecule has 0 saturated carbocycles. The maximum absolute atomic E-state index is 11.1. The number of nitro benzene ring substituents is 2. The highest BCUT2D eigenvalue weighted by Gasteiger charge is 2.47. The van der Waals surface area contributed by atoms with Gasteiger partial charge in [-0.05, 0) is 24.4 Å². The fraction of sp³-hybridized carbons (Fsp3) is 0.125. The first kappa shape index (κ1) is 18.0. The molecule has 2 heterocycles. The van der Waals surface area contributed by atoms with Crippen molar-refractivity contribution in [3.8, 4) is 0 Å². The summed E-state index contributed by atoms with van der Waals surface area (Å²) in [6, 6.07) is 12.4. The van der Waals surface area contributed by atoms with Crippen LogP contribution in [0.25, 0.3) is 0 Å². The van der Waals surface area contributed by atoms with E-state index in [0.717, 1.165) is 0 Å². The summed E-state index contributed by atoms with van der Waals surface area (Å²) in [5, 5.41) is 32.4. The summed E-state index contributed by atoms with van der Waals surface area (Å²) in [5.41, 5.74) is 1.14. The Morgan fingerprint density at radius 2 is 1.18 bits per heavy atom. The van der Waals surface area contributed by atoms with Gasteiger partial charge < -0.3 is 10.6 Å². The van der Waals surface area contributed by atoms with Crippen LogP contribution in [0, 0.1) is 20.2 Å². The van der Waals surface area contributed by atoms with Gasteiger partial charge in [0.05, 0.1) is 9.85 Å². The zero-order chi connectivity index (χ0) is 20.0. The van der Waals surface area contributed by atoms with E-state index in [1.54, 1.807) is 34.3 Å². The quantitative estimate of drug-likeness (QED) is 0.437. The third kappa shape index (κ3) is 2.88. The zero-order valence-corrected chi connectivity index (χ0v) is 15.6. The van der Waals surface area contributed by atoms with Crippen LogP contribution in [0.15, 0.2) is 48.5 Å². The third-order valence-electron chi connectivity index (χ3n) is 4.45. The highest BCUT2D eigenvalue weighted by atomic mass is 32.1. The van der Waals surface area contributed by atoms with Crippen LogP contribution in [0.1, 0.15) is 23.5 Å². The molecule has 0 spiro atoms. The van der Waals surface area contributed by atoms with Crippen molar-refractivity contribution >= 4 is 46.0 Å². The van der Waals surface area contributed by atoms with Gasteiger partial charge in [-0.2, -0.15) is 0 Å². The second kappa shape index (κ2) is 6.65. The molecule has 2 fully saturated rings. The number of benzene rings is 2. The Labute approximate surface area is 169 Å². The first-order valence-electron chi connectivity index (χ1n) is 8.05. The van der Waals surface area contributed by atoms with Gasteiger partial charge in [-0.25, -0.2) is 10.0 Å². The van der Waals surface area contributed by atoms with Gasteiger partial charge in [-0.15, -0.1) is 0 Å². The predicted molar refractivity (Wildman–Crippen MR) is 107 cm³/mol. The molecule has 10 nitrogen and oxygen atoms in total. The Hall–Kier alpha value is -3.38. The summed E-state index contributed by atoms with van der Waals surface area (Å²) in [4.78, 5) is 21.2. The summed E-state index contributed by atoms with van der Waals surface area (Å²) in [6.07, 6.45) is -1.06. The maximum Gasteiger partial charge on any atom is 0.269 e. The van der Waals surface area contributed by atoms with E-state index in [1.165, 1.54) is 24.3 Å². The van der Waals surface area contributed by atoms with Crippen molar-refractivity contribution in [2.45, 2.75) is 12.3 Å². The molecule has 0 aromatic heterocycles. The molecule has 0 unspecified atom stereocenters. The van der Waals surface area contributed by atoms with Gasteiger partial charge in [-0.3, -0.25) is 20.2 Å². The van der Waals surface area contributed by atoms with E-state index in [9.17, 15) is 20.2 Å². The Morgan fingerprint density at radius 1 is 0.786 bits per heavy atom. The third-order valence-corrected chi connectivity index (χ3v) is 5.06. The standard InChI is InChI=1S/C16H12N6O4S2/c23-21(24)11-5-1-3-9(7-11)13-17-15(27)20-14(18-16(28)19(13)20)10-4-2-6-12(8-10)22(25)26/h1-8,13-14H,(H,17,27)(H,18,28)/t13-,14-/m0/s1. The molecule has 2 aliphatic rings. The summed E-state index contributed by atoms with van der Waals surface area (Å²) < 4.78 is 0. The SMILES string of the molecule is O=[N+]([O-])c1cccc([C@H]2NC(=S)N3[C@@H](c4cccc([N+](=O)[O-])c4)NC(=S)N23)c1. The highest BCUT2D eigenvalue weighted by molar-refractivity contribution is 7.80. The number of hydrazine groups is 1. The van der Waals surface area contributed by atoms with E-state index in [-0.39, 0.29) is 11.4 Å². The van der Waals surface area contributed by atoms with Crippen LogP contribution in [-0.2, 0) is 0 Å². The monoisotopic (exact) mass is 416 g/mol. The van der Waals surface area contributed by atoms with Crippen molar-refractivity contribution in [1.29, 1.82) is 0 Å². The fourth-order valence-corrected chi connectivity index (χ4v) is 3.84. The summed E-state index contributed by atoms with van der Waals surface area (Å²) >= 11 is 10.9. The molecule has 0 bridgehead atoms. The van der Waals surface area contributed by atoms with Gasteiger partial charge >= 0.3 is 0 Å². The van der Waals surface area contributed by atoms with E-state index < -0.39 is 22.2 Å². The van der Waals surface area contributed by atoms with Crippen molar-refractivity contribution in [3.05, 3.63) is 79.9 Å². The lowest BCUT2D eigenvalue weighted by molar-refractivity contribution is -0.385.